The highest BCUT2D eigenvalue weighted by atomic mass is 16.6. The van der Waals surface area contributed by atoms with Crippen molar-refractivity contribution in [3.05, 3.63) is 85.1 Å². The number of aliphatic hydroxyl groups is 1. The first kappa shape index (κ1) is 56.6. The molecule has 0 aliphatic carbocycles. The molecule has 0 spiro atoms. The quantitative estimate of drug-likeness (QED) is 0.0378. The molecule has 4 nitrogen and oxygen atoms in total. The average molecular weight is 821 g/mol. The van der Waals surface area contributed by atoms with Gasteiger partial charge in [-0.2, -0.15) is 0 Å². The normalized spacial score (nSPS) is 13.1. The zero-order valence-corrected chi connectivity index (χ0v) is 39.0. The molecule has 0 saturated carbocycles. The average Bonchev–Trinajstić information content (AvgIpc) is 3.24. The fourth-order valence-corrected chi connectivity index (χ4v) is 6.97. The van der Waals surface area contributed by atoms with E-state index in [4.69, 9.17) is 9.47 Å². The van der Waals surface area contributed by atoms with Crippen LogP contribution >= 0.6 is 0 Å². The van der Waals surface area contributed by atoms with Crippen molar-refractivity contribution in [1.82, 2.24) is 0 Å². The minimum absolute atomic E-state index is 0.183. The molecule has 0 fully saturated rings. The van der Waals surface area contributed by atoms with Crippen LogP contribution in [-0.4, -0.2) is 37.0 Å². The van der Waals surface area contributed by atoms with Gasteiger partial charge in [0.05, 0.1) is 13.2 Å². The molecule has 0 amide bonds. The molecule has 0 aromatic carbocycles. The fourth-order valence-electron chi connectivity index (χ4n) is 6.97. The molecule has 1 unspecified atom stereocenters. The number of carbonyl (C=O) groups excluding carboxylic acids is 1. The number of hydrogen-bond donors (Lipinski definition) is 1. The maximum Gasteiger partial charge on any atom is 0.306 e. The number of ether oxygens (including phenoxy) is 2. The Morgan fingerprint density at radius 1 is 0.424 bits per heavy atom. The van der Waals surface area contributed by atoms with E-state index >= 15 is 0 Å². The van der Waals surface area contributed by atoms with Crippen molar-refractivity contribution in [3.8, 4) is 0 Å². The summed E-state index contributed by atoms with van der Waals surface area (Å²) in [6.45, 7) is 5.21. The summed E-state index contributed by atoms with van der Waals surface area (Å²) in [5, 5.41) is 9.65. The number of carbonyl (C=O) groups is 1. The van der Waals surface area contributed by atoms with Crippen LogP contribution in [0.15, 0.2) is 85.1 Å². The van der Waals surface area contributed by atoms with Crippen LogP contribution in [0.4, 0.5) is 0 Å². The Morgan fingerprint density at radius 3 is 1.15 bits per heavy atom. The van der Waals surface area contributed by atoms with E-state index in [1.165, 1.54) is 141 Å². The monoisotopic (exact) mass is 821 g/mol. The van der Waals surface area contributed by atoms with Gasteiger partial charge in [0.2, 0.25) is 0 Å². The molecule has 340 valence electrons. The van der Waals surface area contributed by atoms with E-state index < -0.39 is 6.10 Å². The third-order valence-electron chi connectivity index (χ3n) is 10.7. The molecular formula is C55H96O4. The SMILES string of the molecule is CC/C=C\C/C=C\C/C=C\C/C=C\C/C=C\CCCCCCCC(=O)OC(CO)COCCCCCCCCCCCCCCCC/C=C\C/C=C\CCCCCCC. The lowest BCUT2D eigenvalue weighted by atomic mass is 10.0. The predicted octanol–water partition coefficient (Wildman–Crippen LogP) is 17.1. The van der Waals surface area contributed by atoms with Gasteiger partial charge in [0.25, 0.3) is 0 Å². The molecule has 0 radical (unpaired) electrons. The smallest absolute Gasteiger partial charge is 0.306 e. The highest BCUT2D eigenvalue weighted by Gasteiger charge is 2.13. The third kappa shape index (κ3) is 49.8. The number of esters is 1. The first-order chi connectivity index (χ1) is 29.2. The lowest BCUT2D eigenvalue weighted by Crippen LogP contribution is -2.27. The summed E-state index contributed by atoms with van der Waals surface area (Å²) < 4.78 is 11.2. The summed E-state index contributed by atoms with van der Waals surface area (Å²) in [6, 6.07) is 0. The van der Waals surface area contributed by atoms with Crippen LogP contribution in [0.25, 0.3) is 0 Å². The summed E-state index contributed by atoms with van der Waals surface area (Å²) in [5.41, 5.74) is 0. The van der Waals surface area contributed by atoms with Gasteiger partial charge in [-0.05, 0) is 89.9 Å². The van der Waals surface area contributed by atoms with Crippen LogP contribution in [0.5, 0.6) is 0 Å². The van der Waals surface area contributed by atoms with Gasteiger partial charge >= 0.3 is 5.97 Å². The highest BCUT2D eigenvalue weighted by Crippen LogP contribution is 2.14. The predicted molar refractivity (Wildman–Crippen MR) is 260 cm³/mol. The Bertz CT molecular complexity index is 1050. The second-order valence-corrected chi connectivity index (χ2v) is 16.5. The van der Waals surface area contributed by atoms with E-state index in [0.717, 1.165) is 70.6 Å². The minimum atomic E-state index is -0.550. The standard InChI is InChI=1S/C55H96O4/c1-3-5-7-9-11-13-15-17-19-21-23-25-26-27-28-29-31-33-35-37-39-41-43-45-47-49-51-58-53-54(52-56)59-55(57)50-48-46-44-42-40-38-36-34-32-30-24-22-20-18-16-14-12-10-8-6-4-2/h6,8,12,14-15,17-18,20-21,23-24,30,34,36,54,56H,3-5,7,9-11,13,16,19,22,25-29,31-33,35,37-53H2,1-2H3/b8-6-,14-12-,17-15-,20-18-,23-21-,30-24-,36-34-. The number of hydrogen-bond acceptors (Lipinski definition) is 4. The van der Waals surface area contributed by atoms with Crippen molar-refractivity contribution in [2.75, 3.05) is 19.8 Å². The van der Waals surface area contributed by atoms with Gasteiger partial charge in [0.15, 0.2) is 0 Å². The molecule has 0 saturated heterocycles. The Hall–Kier alpha value is -2.43. The number of rotatable bonds is 46. The lowest BCUT2D eigenvalue weighted by Gasteiger charge is -2.15. The van der Waals surface area contributed by atoms with Crippen molar-refractivity contribution in [2.24, 2.45) is 0 Å². The van der Waals surface area contributed by atoms with E-state index in [1.807, 2.05) is 0 Å². The molecule has 0 rings (SSSR count). The summed E-state index contributed by atoms with van der Waals surface area (Å²) in [5.74, 6) is -0.220. The van der Waals surface area contributed by atoms with Crippen LogP contribution in [0, 0.1) is 0 Å². The van der Waals surface area contributed by atoms with Gasteiger partial charge < -0.3 is 14.6 Å². The van der Waals surface area contributed by atoms with E-state index in [9.17, 15) is 9.90 Å². The Morgan fingerprint density at radius 2 is 0.763 bits per heavy atom. The van der Waals surface area contributed by atoms with E-state index in [-0.39, 0.29) is 19.2 Å². The van der Waals surface area contributed by atoms with E-state index in [2.05, 4.69) is 98.9 Å². The van der Waals surface area contributed by atoms with Crippen molar-refractivity contribution in [2.45, 2.75) is 238 Å². The molecule has 0 bridgehead atoms. The zero-order chi connectivity index (χ0) is 42.6. The van der Waals surface area contributed by atoms with Crippen molar-refractivity contribution in [3.63, 3.8) is 0 Å². The summed E-state index contributed by atoms with van der Waals surface area (Å²) in [4.78, 5) is 12.3. The summed E-state index contributed by atoms with van der Waals surface area (Å²) in [6.07, 6.45) is 72.4. The number of unbranched alkanes of at least 4 members (excludes halogenated alkanes) is 24. The molecule has 1 N–H and O–H groups in total. The van der Waals surface area contributed by atoms with Crippen LogP contribution in [0.3, 0.4) is 0 Å². The second kappa shape index (κ2) is 51.7. The molecule has 1 atom stereocenters. The fraction of sp³-hybridized carbons (Fsp3) is 0.727. The van der Waals surface area contributed by atoms with Crippen LogP contribution in [0.2, 0.25) is 0 Å². The van der Waals surface area contributed by atoms with E-state index in [1.54, 1.807) is 0 Å². The molecule has 59 heavy (non-hydrogen) atoms. The second-order valence-electron chi connectivity index (χ2n) is 16.5. The molecule has 0 aromatic rings. The molecule has 0 heterocycles. The minimum Gasteiger partial charge on any atom is -0.457 e. The Labute approximate surface area is 367 Å². The first-order valence-corrected chi connectivity index (χ1v) is 25.2. The maximum absolute atomic E-state index is 12.3. The van der Waals surface area contributed by atoms with Crippen LogP contribution in [0.1, 0.15) is 232 Å². The number of aliphatic hydroxyl groups excluding tert-OH is 1. The van der Waals surface area contributed by atoms with Crippen molar-refractivity contribution >= 4 is 5.97 Å². The molecule has 0 aliphatic rings. The van der Waals surface area contributed by atoms with Crippen molar-refractivity contribution in [1.29, 1.82) is 0 Å². The summed E-state index contributed by atoms with van der Waals surface area (Å²) in [7, 11) is 0. The zero-order valence-electron chi connectivity index (χ0n) is 39.0. The van der Waals surface area contributed by atoms with Gasteiger partial charge in [0, 0.05) is 13.0 Å². The van der Waals surface area contributed by atoms with Crippen molar-refractivity contribution < 1.29 is 19.4 Å². The van der Waals surface area contributed by atoms with Gasteiger partial charge in [-0.25, -0.2) is 0 Å². The first-order valence-electron chi connectivity index (χ1n) is 25.2. The van der Waals surface area contributed by atoms with Gasteiger partial charge in [-0.3, -0.25) is 4.79 Å². The van der Waals surface area contributed by atoms with Gasteiger partial charge in [-0.15, -0.1) is 0 Å². The van der Waals surface area contributed by atoms with Crippen LogP contribution < -0.4 is 0 Å². The largest absolute Gasteiger partial charge is 0.457 e. The molecule has 0 aromatic heterocycles. The molecule has 0 aliphatic heterocycles. The number of allylic oxidation sites excluding steroid dienone is 14. The van der Waals surface area contributed by atoms with Gasteiger partial charge in [-0.1, -0.05) is 221 Å². The third-order valence-corrected chi connectivity index (χ3v) is 10.7. The topological polar surface area (TPSA) is 55.8 Å². The van der Waals surface area contributed by atoms with E-state index in [0.29, 0.717) is 13.0 Å². The lowest BCUT2D eigenvalue weighted by molar-refractivity contribution is -0.154. The van der Waals surface area contributed by atoms with Gasteiger partial charge in [0.1, 0.15) is 6.10 Å². The molecule has 4 heteroatoms. The maximum atomic E-state index is 12.3. The Kier molecular flexibility index (Phi) is 49.6. The summed E-state index contributed by atoms with van der Waals surface area (Å²) >= 11 is 0. The van der Waals surface area contributed by atoms with Crippen LogP contribution in [-0.2, 0) is 14.3 Å². The molecular weight excluding hydrogens is 725 g/mol. The highest BCUT2D eigenvalue weighted by molar-refractivity contribution is 5.69. The Balaban J connectivity index is 3.46.